The third-order valence-electron chi connectivity index (χ3n) is 4.22. The van der Waals surface area contributed by atoms with Crippen molar-refractivity contribution in [2.45, 2.75) is 64.6 Å². The second-order valence-electron chi connectivity index (χ2n) is 6.17. The van der Waals surface area contributed by atoms with E-state index in [1.165, 1.54) is 0 Å². The number of carbonyl (C=O) groups excluding carboxylic acids is 1. The first kappa shape index (κ1) is 17.4. The zero-order valence-electron chi connectivity index (χ0n) is 13.4. The highest BCUT2D eigenvalue weighted by atomic mass is 16.5. The number of likely N-dealkylation sites (N-methyl/N-ethyl adjacent to an activating group) is 1. The lowest BCUT2D eigenvalue weighted by Gasteiger charge is -2.37. The molecule has 3 atom stereocenters. The average Bonchev–Trinajstić information content (AvgIpc) is 2.38. The van der Waals surface area contributed by atoms with Crippen LogP contribution in [0.15, 0.2) is 0 Å². The Labute approximate surface area is 123 Å². The first-order valence-electron chi connectivity index (χ1n) is 7.79. The molecule has 1 rings (SSSR count). The molecular weight excluding hydrogens is 254 g/mol. The number of nitrogens with two attached hydrogens (primary N) is 1. The van der Waals surface area contributed by atoms with Crippen molar-refractivity contribution < 1.29 is 9.53 Å². The van der Waals surface area contributed by atoms with Crippen LogP contribution >= 0.6 is 0 Å². The zero-order chi connectivity index (χ0) is 15.2. The van der Waals surface area contributed by atoms with E-state index in [2.05, 4.69) is 24.1 Å². The Morgan fingerprint density at radius 3 is 2.75 bits per heavy atom. The quantitative estimate of drug-likeness (QED) is 0.656. The molecule has 20 heavy (non-hydrogen) atoms. The van der Waals surface area contributed by atoms with Crippen LogP contribution in [0.1, 0.15) is 47.0 Å². The van der Waals surface area contributed by atoms with Crippen LogP contribution in [0.25, 0.3) is 0 Å². The fraction of sp³-hybridized carbons (Fsp3) is 0.933. The number of nitrogens with one attached hydrogen (secondary N) is 1. The molecule has 0 saturated carbocycles. The molecular formula is C15H31N3O2. The molecule has 0 radical (unpaired) electrons. The van der Waals surface area contributed by atoms with Crippen molar-refractivity contribution >= 4 is 5.91 Å². The predicted molar refractivity (Wildman–Crippen MR) is 81.6 cm³/mol. The fourth-order valence-electron chi connectivity index (χ4n) is 2.77. The topological polar surface area (TPSA) is 67.6 Å². The van der Waals surface area contributed by atoms with Crippen molar-refractivity contribution in [1.82, 2.24) is 10.2 Å². The minimum absolute atomic E-state index is 0.257. The smallest absolute Gasteiger partial charge is 0.237 e. The van der Waals surface area contributed by atoms with Crippen molar-refractivity contribution in [3.05, 3.63) is 0 Å². The van der Waals surface area contributed by atoms with Gasteiger partial charge in [0.1, 0.15) is 0 Å². The van der Waals surface area contributed by atoms with Crippen LogP contribution in [0, 0.1) is 0 Å². The molecule has 1 amide bonds. The van der Waals surface area contributed by atoms with Gasteiger partial charge in [0.2, 0.25) is 5.91 Å². The Balaban J connectivity index is 2.31. The van der Waals surface area contributed by atoms with Gasteiger partial charge in [0, 0.05) is 12.6 Å². The standard InChI is InChI=1S/C15H31N3O2/c1-5-17-15(4,14(16)19)8-6-7-9-18-10-13(3)20-11-12(18)2/h12-13,17H,5-11H2,1-4H3,(H2,16,19). The summed E-state index contributed by atoms with van der Waals surface area (Å²) in [6, 6.07) is 0.488. The number of rotatable bonds is 8. The molecule has 1 saturated heterocycles. The van der Waals surface area contributed by atoms with E-state index >= 15 is 0 Å². The summed E-state index contributed by atoms with van der Waals surface area (Å²) >= 11 is 0. The zero-order valence-corrected chi connectivity index (χ0v) is 13.4. The van der Waals surface area contributed by atoms with E-state index in [4.69, 9.17) is 10.5 Å². The number of morpholine rings is 1. The average molecular weight is 285 g/mol. The van der Waals surface area contributed by atoms with Gasteiger partial charge in [-0.15, -0.1) is 0 Å². The van der Waals surface area contributed by atoms with Gasteiger partial charge in [-0.05, 0) is 53.1 Å². The Hall–Kier alpha value is -0.650. The van der Waals surface area contributed by atoms with E-state index in [9.17, 15) is 4.79 Å². The lowest BCUT2D eigenvalue weighted by Crippen LogP contribution is -2.53. The number of hydrogen-bond donors (Lipinski definition) is 2. The van der Waals surface area contributed by atoms with E-state index in [1.54, 1.807) is 0 Å². The SMILES string of the molecule is CCNC(C)(CCCCN1CC(C)OCC1C)C(N)=O. The maximum Gasteiger partial charge on any atom is 0.237 e. The van der Waals surface area contributed by atoms with Crippen LogP contribution in [-0.2, 0) is 9.53 Å². The third-order valence-corrected chi connectivity index (χ3v) is 4.22. The summed E-state index contributed by atoms with van der Waals surface area (Å²) in [5.74, 6) is -0.257. The Morgan fingerprint density at radius 2 is 2.15 bits per heavy atom. The van der Waals surface area contributed by atoms with E-state index < -0.39 is 5.54 Å². The van der Waals surface area contributed by atoms with Crippen LogP contribution in [0.4, 0.5) is 0 Å². The second-order valence-corrected chi connectivity index (χ2v) is 6.17. The number of unbranched alkanes of at least 4 members (excludes halogenated alkanes) is 1. The molecule has 3 N–H and O–H groups in total. The van der Waals surface area contributed by atoms with Gasteiger partial charge < -0.3 is 15.8 Å². The lowest BCUT2D eigenvalue weighted by molar-refractivity contribution is -0.124. The number of amides is 1. The highest BCUT2D eigenvalue weighted by molar-refractivity contribution is 5.84. The summed E-state index contributed by atoms with van der Waals surface area (Å²) in [7, 11) is 0. The van der Waals surface area contributed by atoms with Crippen LogP contribution in [0.2, 0.25) is 0 Å². The summed E-state index contributed by atoms with van der Waals surface area (Å²) in [6.45, 7) is 11.9. The molecule has 118 valence electrons. The molecule has 3 unspecified atom stereocenters. The maximum absolute atomic E-state index is 11.5. The maximum atomic E-state index is 11.5. The number of ether oxygens (including phenoxy) is 1. The lowest BCUT2D eigenvalue weighted by atomic mass is 9.93. The molecule has 1 aliphatic heterocycles. The molecule has 0 aromatic heterocycles. The minimum Gasteiger partial charge on any atom is -0.376 e. The molecule has 0 spiro atoms. The van der Waals surface area contributed by atoms with Gasteiger partial charge in [-0.25, -0.2) is 0 Å². The van der Waals surface area contributed by atoms with Crippen molar-refractivity contribution in [3.63, 3.8) is 0 Å². The fourth-order valence-corrected chi connectivity index (χ4v) is 2.77. The van der Waals surface area contributed by atoms with E-state index in [-0.39, 0.29) is 5.91 Å². The summed E-state index contributed by atoms with van der Waals surface area (Å²) in [6.07, 6.45) is 3.21. The van der Waals surface area contributed by atoms with Gasteiger partial charge in [-0.1, -0.05) is 6.92 Å². The molecule has 1 fully saturated rings. The van der Waals surface area contributed by atoms with Crippen molar-refractivity contribution in [1.29, 1.82) is 0 Å². The first-order valence-corrected chi connectivity index (χ1v) is 7.79. The molecule has 5 heteroatoms. The predicted octanol–water partition coefficient (Wildman–Crippen LogP) is 1.12. The third kappa shape index (κ3) is 5.04. The largest absolute Gasteiger partial charge is 0.376 e. The van der Waals surface area contributed by atoms with Gasteiger partial charge in [-0.2, -0.15) is 0 Å². The number of hydrogen-bond acceptors (Lipinski definition) is 4. The molecule has 0 aliphatic carbocycles. The van der Waals surface area contributed by atoms with Crippen LogP contribution < -0.4 is 11.1 Å². The van der Waals surface area contributed by atoms with E-state index in [1.807, 2.05) is 13.8 Å². The van der Waals surface area contributed by atoms with Gasteiger partial charge >= 0.3 is 0 Å². The van der Waals surface area contributed by atoms with Crippen LogP contribution in [-0.4, -0.2) is 54.7 Å². The Kier molecular flexibility index (Phi) is 6.92. The normalized spacial score (nSPS) is 27.2. The number of primary amides is 1. The molecule has 0 bridgehead atoms. The van der Waals surface area contributed by atoms with Gasteiger partial charge in [-0.3, -0.25) is 9.69 Å². The molecule has 1 heterocycles. The Morgan fingerprint density at radius 1 is 1.45 bits per heavy atom. The van der Waals surface area contributed by atoms with E-state index in [0.717, 1.165) is 45.5 Å². The second kappa shape index (κ2) is 7.96. The molecule has 0 aromatic rings. The van der Waals surface area contributed by atoms with Crippen molar-refractivity contribution in [2.75, 3.05) is 26.2 Å². The van der Waals surface area contributed by atoms with Crippen molar-refractivity contribution in [2.24, 2.45) is 5.73 Å². The molecule has 1 aliphatic rings. The minimum atomic E-state index is -0.571. The summed E-state index contributed by atoms with van der Waals surface area (Å²) in [4.78, 5) is 14.0. The summed E-state index contributed by atoms with van der Waals surface area (Å²) in [5, 5.41) is 3.20. The van der Waals surface area contributed by atoms with Gasteiger partial charge in [0.05, 0.1) is 18.2 Å². The number of carbonyl (C=O) groups is 1. The Bertz CT molecular complexity index is 311. The van der Waals surface area contributed by atoms with Crippen molar-refractivity contribution in [3.8, 4) is 0 Å². The highest BCUT2D eigenvalue weighted by Gasteiger charge is 2.29. The monoisotopic (exact) mass is 285 g/mol. The van der Waals surface area contributed by atoms with Crippen LogP contribution in [0.5, 0.6) is 0 Å². The molecule has 5 nitrogen and oxygen atoms in total. The van der Waals surface area contributed by atoms with Gasteiger partial charge in [0.15, 0.2) is 0 Å². The first-order chi connectivity index (χ1) is 9.39. The van der Waals surface area contributed by atoms with Crippen LogP contribution in [0.3, 0.4) is 0 Å². The summed E-state index contributed by atoms with van der Waals surface area (Å²) < 4.78 is 5.63. The highest BCUT2D eigenvalue weighted by Crippen LogP contribution is 2.16. The van der Waals surface area contributed by atoms with E-state index in [0.29, 0.717) is 12.1 Å². The summed E-state index contributed by atoms with van der Waals surface area (Å²) in [5.41, 5.74) is 4.92. The molecule has 0 aromatic carbocycles. The number of nitrogens with zero attached hydrogens (tertiary/aromatic N) is 1. The van der Waals surface area contributed by atoms with Gasteiger partial charge in [0.25, 0.3) is 0 Å².